The minimum atomic E-state index is -0.627. The van der Waals surface area contributed by atoms with Gasteiger partial charge in [-0.25, -0.2) is 0 Å². The van der Waals surface area contributed by atoms with Crippen LogP contribution in [0.3, 0.4) is 0 Å². The first-order valence-electron chi connectivity index (χ1n) is 8.08. The summed E-state index contributed by atoms with van der Waals surface area (Å²) in [6.45, 7) is 6.31. The summed E-state index contributed by atoms with van der Waals surface area (Å²) >= 11 is 12.1. The average molecular weight is 411 g/mol. The number of carbonyl (C=O) groups is 2. The second-order valence-electron chi connectivity index (χ2n) is 5.66. The summed E-state index contributed by atoms with van der Waals surface area (Å²) in [4.78, 5) is 26.7. The lowest BCUT2D eigenvalue weighted by Gasteiger charge is -2.34. The van der Waals surface area contributed by atoms with Crippen LogP contribution in [0.25, 0.3) is 0 Å². The normalized spacial score (nSPS) is 10.8. The van der Waals surface area contributed by atoms with Crippen molar-refractivity contribution in [3.63, 3.8) is 0 Å². The molecule has 2 amide bonds. The Bertz CT molecular complexity index is 564. The molecule has 0 unspecified atom stereocenters. The van der Waals surface area contributed by atoms with Gasteiger partial charge in [-0.3, -0.25) is 9.59 Å². The molecule has 0 fully saturated rings. The number of hydrogen-bond donors (Lipinski definition) is 2. The number of hydrogen-bond acceptors (Lipinski definition) is 3. The second-order valence-corrected chi connectivity index (χ2v) is 6.47. The monoisotopic (exact) mass is 409 g/mol. The quantitative estimate of drug-likeness (QED) is 0.681. The molecule has 0 heterocycles. The molecule has 8 heteroatoms. The van der Waals surface area contributed by atoms with E-state index < -0.39 is 5.41 Å². The van der Waals surface area contributed by atoms with Crippen molar-refractivity contribution in [2.75, 3.05) is 25.0 Å². The maximum atomic E-state index is 12.8. The topological polar surface area (TPSA) is 75.4 Å². The van der Waals surface area contributed by atoms with Gasteiger partial charge in [0, 0.05) is 13.1 Å². The summed E-state index contributed by atoms with van der Waals surface area (Å²) in [7, 11) is 0. The van der Waals surface area contributed by atoms with E-state index >= 15 is 0 Å². The van der Waals surface area contributed by atoms with Gasteiger partial charge in [0.05, 0.1) is 27.7 Å². The van der Waals surface area contributed by atoms with E-state index in [-0.39, 0.29) is 37.3 Å². The smallest absolute Gasteiger partial charge is 0.244 e. The molecule has 0 radical (unpaired) electrons. The van der Waals surface area contributed by atoms with Crippen LogP contribution in [0.4, 0.5) is 5.69 Å². The van der Waals surface area contributed by atoms with Crippen molar-refractivity contribution in [2.45, 2.75) is 33.6 Å². The standard InChI is InChI=1S/C17H25Cl2N3O2.ClH/c1-4-17(5-2,11-20)16(24)22(6-3)10-14(23)21-15-12(18)8-7-9-13(15)19;/h7-9H,4-6,10-11,20H2,1-3H3,(H,21,23);1H. The molecule has 0 atom stereocenters. The summed E-state index contributed by atoms with van der Waals surface area (Å²) in [6, 6.07) is 4.97. The summed E-state index contributed by atoms with van der Waals surface area (Å²) in [5.41, 5.74) is 5.56. The molecule has 0 saturated carbocycles. The van der Waals surface area contributed by atoms with E-state index in [2.05, 4.69) is 5.32 Å². The Morgan fingerprint density at radius 1 is 1.16 bits per heavy atom. The van der Waals surface area contributed by atoms with Crippen molar-refractivity contribution in [3.8, 4) is 0 Å². The number of rotatable bonds is 8. The zero-order valence-corrected chi connectivity index (χ0v) is 17.1. The van der Waals surface area contributed by atoms with Crippen LogP contribution in [0, 0.1) is 5.41 Å². The Kier molecular flexibility index (Phi) is 10.4. The van der Waals surface area contributed by atoms with E-state index in [9.17, 15) is 9.59 Å². The van der Waals surface area contributed by atoms with Crippen LogP contribution in [-0.2, 0) is 9.59 Å². The lowest BCUT2D eigenvalue weighted by atomic mass is 9.81. The molecule has 0 aromatic heterocycles. The minimum absolute atomic E-state index is 0. The van der Waals surface area contributed by atoms with Gasteiger partial charge in [0.2, 0.25) is 11.8 Å². The number of para-hydroxylation sites is 1. The SMILES string of the molecule is CCN(CC(=O)Nc1c(Cl)cccc1Cl)C(=O)C(CC)(CC)CN.Cl. The highest BCUT2D eigenvalue weighted by atomic mass is 35.5. The molecule has 0 bridgehead atoms. The van der Waals surface area contributed by atoms with Crippen molar-refractivity contribution >= 4 is 53.1 Å². The summed E-state index contributed by atoms with van der Waals surface area (Å²) in [6.07, 6.45) is 1.26. The third-order valence-electron chi connectivity index (χ3n) is 4.43. The molecule has 1 rings (SSSR count). The van der Waals surface area contributed by atoms with Crippen molar-refractivity contribution < 1.29 is 9.59 Å². The number of benzene rings is 1. The number of likely N-dealkylation sites (N-methyl/N-ethyl adjacent to an activating group) is 1. The lowest BCUT2D eigenvalue weighted by molar-refractivity contribution is -0.144. The van der Waals surface area contributed by atoms with Crippen LogP contribution in [0.2, 0.25) is 10.0 Å². The minimum Gasteiger partial charge on any atom is -0.333 e. The molecule has 0 saturated heterocycles. The number of nitrogens with two attached hydrogens (primary N) is 1. The van der Waals surface area contributed by atoms with Gasteiger partial charge in [0.15, 0.2) is 0 Å². The van der Waals surface area contributed by atoms with Gasteiger partial charge in [0.1, 0.15) is 0 Å². The maximum Gasteiger partial charge on any atom is 0.244 e. The largest absolute Gasteiger partial charge is 0.333 e. The van der Waals surface area contributed by atoms with E-state index in [1.165, 1.54) is 4.90 Å². The van der Waals surface area contributed by atoms with Gasteiger partial charge in [-0.2, -0.15) is 0 Å². The first-order chi connectivity index (χ1) is 11.3. The van der Waals surface area contributed by atoms with E-state index in [4.69, 9.17) is 28.9 Å². The Labute approximate surface area is 165 Å². The molecule has 1 aromatic rings. The Balaban J connectivity index is 0.00000576. The van der Waals surface area contributed by atoms with E-state index in [1.807, 2.05) is 20.8 Å². The molecule has 0 aliphatic rings. The fourth-order valence-corrected chi connectivity index (χ4v) is 3.05. The molecule has 1 aromatic carbocycles. The summed E-state index contributed by atoms with van der Waals surface area (Å²) in [5, 5.41) is 3.38. The van der Waals surface area contributed by atoms with Crippen molar-refractivity contribution in [1.29, 1.82) is 0 Å². The number of nitrogens with one attached hydrogen (secondary N) is 1. The Hall–Kier alpha value is -1.01. The van der Waals surface area contributed by atoms with E-state index in [0.717, 1.165) is 0 Å². The van der Waals surface area contributed by atoms with Gasteiger partial charge >= 0.3 is 0 Å². The summed E-state index contributed by atoms with van der Waals surface area (Å²) in [5.74, 6) is -0.448. The van der Waals surface area contributed by atoms with Gasteiger partial charge in [0.25, 0.3) is 0 Å². The van der Waals surface area contributed by atoms with Crippen LogP contribution in [0.15, 0.2) is 18.2 Å². The average Bonchev–Trinajstić information content (AvgIpc) is 2.58. The fourth-order valence-electron chi connectivity index (χ4n) is 2.56. The van der Waals surface area contributed by atoms with Crippen LogP contribution in [0.5, 0.6) is 0 Å². The van der Waals surface area contributed by atoms with Crippen LogP contribution >= 0.6 is 35.6 Å². The molecule has 142 valence electrons. The molecule has 0 aliphatic heterocycles. The fraction of sp³-hybridized carbons (Fsp3) is 0.529. The van der Waals surface area contributed by atoms with E-state index in [1.54, 1.807) is 18.2 Å². The first-order valence-corrected chi connectivity index (χ1v) is 8.84. The van der Waals surface area contributed by atoms with Crippen molar-refractivity contribution in [2.24, 2.45) is 11.1 Å². The maximum absolute atomic E-state index is 12.8. The van der Waals surface area contributed by atoms with Crippen LogP contribution < -0.4 is 11.1 Å². The first kappa shape index (κ1) is 24.0. The molecule has 3 N–H and O–H groups in total. The molecule has 0 spiro atoms. The molecule has 25 heavy (non-hydrogen) atoms. The predicted molar refractivity (Wildman–Crippen MR) is 107 cm³/mol. The van der Waals surface area contributed by atoms with Gasteiger partial charge in [-0.1, -0.05) is 43.1 Å². The summed E-state index contributed by atoms with van der Waals surface area (Å²) < 4.78 is 0. The molecular weight excluding hydrogens is 385 g/mol. The Morgan fingerprint density at radius 3 is 2.08 bits per heavy atom. The predicted octanol–water partition coefficient (Wildman–Crippen LogP) is 3.97. The van der Waals surface area contributed by atoms with Crippen molar-refractivity contribution in [3.05, 3.63) is 28.2 Å². The number of anilines is 1. The lowest BCUT2D eigenvalue weighted by Crippen LogP contribution is -2.49. The van der Waals surface area contributed by atoms with Gasteiger partial charge in [-0.05, 0) is 31.9 Å². The molecule has 5 nitrogen and oxygen atoms in total. The van der Waals surface area contributed by atoms with Gasteiger partial charge in [-0.15, -0.1) is 12.4 Å². The highest BCUT2D eigenvalue weighted by Crippen LogP contribution is 2.30. The zero-order chi connectivity index (χ0) is 18.3. The Morgan fingerprint density at radius 2 is 1.68 bits per heavy atom. The second kappa shape index (κ2) is 10.9. The molecular formula is C17H26Cl3N3O2. The number of halogens is 3. The third-order valence-corrected chi connectivity index (χ3v) is 5.06. The number of amides is 2. The van der Waals surface area contributed by atoms with Crippen molar-refractivity contribution in [1.82, 2.24) is 4.90 Å². The van der Waals surface area contributed by atoms with Crippen LogP contribution in [0.1, 0.15) is 33.6 Å². The highest BCUT2D eigenvalue weighted by Gasteiger charge is 2.37. The van der Waals surface area contributed by atoms with Gasteiger partial charge < -0.3 is 16.0 Å². The van der Waals surface area contributed by atoms with E-state index in [0.29, 0.717) is 35.1 Å². The number of carbonyl (C=O) groups excluding carboxylic acids is 2. The van der Waals surface area contributed by atoms with Crippen LogP contribution in [-0.4, -0.2) is 36.3 Å². The third kappa shape index (κ3) is 5.74. The molecule has 0 aliphatic carbocycles. The highest BCUT2D eigenvalue weighted by molar-refractivity contribution is 6.39. The number of nitrogens with zero attached hydrogens (tertiary/aromatic N) is 1. The zero-order valence-electron chi connectivity index (χ0n) is 14.8.